The number of rotatable bonds is 4. The molecule has 0 spiro atoms. The lowest BCUT2D eigenvalue weighted by molar-refractivity contribution is -0.139. The Hall–Kier alpha value is -1.84. The smallest absolute Gasteiger partial charge is 0.228 e. The van der Waals surface area contributed by atoms with Gasteiger partial charge < -0.3 is 9.80 Å². The first kappa shape index (κ1) is 15.5. The van der Waals surface area contributed by atoms with Crippen LogP contribution in [0.5, 0.6) is 0 Å². The molecule has 1 fully saturated rings. The van der Waals surface area contributed by atoms with E-state index >= 15 is 0 Å². The lowest BCUT2D eigenvalue weighted by Crippen LogP contribution is -2.45. The molecule has 4 heteroatoms. The lowest BCUT2D eigenvalue weighted by atomic mass is 10.0. The van der Waals surface area contributed by atoms with Crippen LogP contribution < -0.4 is 4.90 Å². The van der Waals surface area contributed by atoms with Crippen molar-refractivity contribution >= 4 is 17.5 Å². The van der Waals surface area contributed by atoms with E-state index in [1.165, 1.54) is 0 Å². The molecule has 0 aliphatic carbocycles. The summed E-state index contributed by atoms with van der Waals surface area (Å²) in [5.74, 6) is -0.110. The van der Waals surface area contributed by atoms with Gasteiger partial charge in [0.15, 0.2) is 0 Å². The average molecular weight is 288 g/mol. The number of benzene rings is 1. The molecular weight excluding hydrogens is 264 g/mol. The number of carbonyl (C=O) groups is 2. The van der Waals surface area contributed by atoms with E-state index in [1.54, 1.807) is 4.90 Å². The van der Waals surface area contributed by atoms with Crippen molar-refractivity contribution in [2.75, 3.05) is 11.4 Å². The fraction of sp³-hybridized carbons (Fsp3) is 0.529. The van der Waals surface area contributed by atoms with Gasteiger partial charge in [-0.2, -0.15) is 0 Å². The van der Waals surface area contributed by atoms with Crippen molar-refractivity contribution in [1.82, 2.24) is 4.90 Å². The van der Waals surface area contributed by atoms with E-state index in [2.05, 4.69) is 0 Å². The van der Waals surface area contributed by atoms with Crippen LogP contribution in [-0.2, 0) is 9.59 Å². The fourth-order valence-corrected chi connectivity index (χ4v) is 3.05. The second-order valence-electron chi connectivity index (χ2n) is 6.17. The summed E-state index contributed by atoms with van der Waals surface area (Å²) < 4.78 is 0. The Balaban J connectivity index is 2.14. The van der Waals surface area contributed by atoms with E-state index in [-0.39, 0.29) is 29.8 Å². The van der Waals surface area contributed by atoms with Crippen LogP contribution in [0, 0.1) is 5.92 Å². The average Bonchev–Trinajstić information content (AvgIpc) is 2.81. The minimum atomic E-state index is -0.234. The highest BCUT2D eigenvalue weighted by molar-refractivity contribution is 6.00. The van der Waals surface area contributed by atoms with E-state index in [4.69, 9.17) is 0 Å². The monoisotopic (exact) mass is 288 g/mol. The van der Waals surface area contributed by atoms with Gasteiger partial charge in [-0.1, -0.05) is 18.2 Å². The summed E-state index contributed by atoms with van der Waals surface area (Å²) in [6, 6.07) is 9.86. The Morgan fingerprint density at radius 2 is 1.71 bits per heavy atom. The number of anilines is 1. The molecule has 1 aliphatic heterocycles. The molecule has 1 aliphatic rings. The van der Waals surface area contributed by atoms with Crippen molar-refractivity contribution in [3.8, 4) is 0 Å². The van der Waals surface area contributed by atoms with Crippen molar-refractivity contribution in [2.24, 2.45) is 5.92 Å². The molecule has 2 amide bonds. The van der Waals surface area contributed by atoms with Gasteiger partial charge in [-0.05, 0) is 39.8 Å². The first-order valence-corrected chi connectivity index (χ1v) is 7.59. The molecule has 1 saturated heterocycles. The Morgan fingerprint density at radius 3 is 2.24 bits per heavy atom. The van der Waals surface area contributed by atoms with Crippen molar-refractivity contribution in [1.29, 1.82) is 0 Å². The van der Waals surface area contributed by atoms with E-state index in [1.807, 2.05) is 62.9 Å². The van der Waals surface area contributed by atoms with Gasteiger partial charge in [0.05, 0.1) is 5.92 Å². The molecular formula is C17H24N2O2. The first-order chi connectivity index (χ1) is 9.91. The van der Waals surface area contributed by atoms with Gasteiger partial charge >= 0.3 is 0 Å². The highest BCUT2D eigenvalue weighted by atomic mass is 16.2. The number of carbonyl (C=O) groups excluding carboxylic acids is 2. The van der Waals surface area contributed by atoms with Crippen LogP contribution in [-0.4, -0.2) is 35.3 Å². The van der Waals surface area contributed by atoms with E-state index in [0.717, 1.165) is 5.69 Å². The van der Waals surface area contributed by atoms with Gasteiger partial charge in [0.1, 0.15) is 0 Å². The van der Waals surface area contributed by atoms with Gasteiger partial charge in [0.25, 0.3) is 0 Å². The maximum Gasteiger partial charge on any atom is 0.228 e. The summed E-state index contributed by atoms with van der Waals surface area (Å²) in [6.45, 7) is 8.55. The summed E-state index contributed by atoms with van der Waals surface area (Å²) in [5.41, 5.74) is 0.874. The molecule has 0 unspecified atom stereocenters. The molecule has 2 rings (SSSR count). The van der Waals surface area contributed by atoms with Gasteiger partial charge in [-0.3, -0.25) is 9.59 Å². The number of para-hydroxylation sites is 1. The third kappa shape index (κ3) is 3.26. The topological polar surface area (TPSA) is 40.6 Å². The lowest BCUT2D eigenvalue weighted by Gasteiger charge is -2.32. The number of hydrogen-bond donors (Lipinski definition) is 0. The van der Waals surface area contributed by atoms with Gasteiger partial charge in [-0.25, -0.2) is 0 Å². The number of hydrogen-bond acceptors (Lipinski definition) is 2. The largest absolute Gasteiger partial charge is 0.338 e. The summed E-state index contributed by atoms with van der Waals surface area (Å²) in [6.07, 6.45) is 0.309. The van der Waals surface area contributed by atoms with E-state index in [9.17, 15) is 9.59 Å². The minimum Gasteiger partial charge on any atom is -0.338 e. The zero-order chi connectivity index (χ0) is 15.6. The minimum absolute atomic E-state index is 0.0343. The van der Waals surface area contributed by atoms with Crippen LogP contribution in [0.3, 0.4) is 0 Å². The Kier molecular flexibility index (Phi) is 4.66. The molecule has 114 valence electrons. The van der Waals surface area contributed by atoms with E-state index < -0.39 is 0 Å². The summed E-state index contributed by atoms with van der Waals surface area (Å²) >= 11 is 0. The summed E-state index contributed by atoms with van der Waals surface area (Å²) in [4.78, 5) is 28.5. The number of nitrogens with zero attached hydrogens (tertiary/aromatic N) is 2. The third-order valence-corrected chi connectivity index (χ3v) is 3.91. The van der Waals surface area contributed by atoms with Gasteiger partial charge in [-0.15, -0.1) is 0 Å². The zero-order valence-corrected chi connectivity index (χ0v) is 13.2. The Bertz CT molecular complexity index is 503. The molecule has 1 heterocycles. The highest BCUT2D eigenvalue weighted by Gasteiger charge is 2.38. The SMILES string of the molecule is CC(C)N(C(=O)[C@H]1CC(=O)N(c2ccccc2)C1)C(C)C. The van der Waals surface area contributed by atoms with Crippen LogP contribution in [0.4, 0.5) is 5.69 Å². The Labute approximate surface area is 126 Å². The molecule has 21 heavy (non-hydrogen) atoms. The van der Waals surface area contributed by atoms with Crippen LogP contribution in [0.15, 0.2) is 30.3 Å². The fourth-order valence-electron chi connectivity index (χ4n) is 3.05. The molecule has 0 N–H and O–H groups in total. The third-order valence-electron chi connectivity index (χ3n) is 3.91. The van der Waals surface area contributed by atoms with Gasteiger partial charge in [0.2, 0.25) is 11.8 Å². The van der Waals surface area contributed by atoms with Crippen LogP contribution in [0.1, 0.15) is 34.1 Å². The maximum absolute atomic E-state index is 12.7. The van der Waals surface area contributed by atoms with Crippen LogP contribution in [0.2, 0.25) is 0 Å². The zero-order valence-electron chi connectivity index (χ0n) is 13.2. The molecule has 4 nitrogen and oxygen atoms in total. The quantitative estimate of drug-likeness (QED) is 0.854. The molecule has 0 saturated carbocycles. The van der Waals surface area contributed by atoms with Crippen LogP contribution >= 0.6 is 0 Å². The predicted octanol–water partition coefficient (Wildman–Crippen LogP) is 2.68. The van der Waals surface area contributed by atoms with E-state index in [0.29, 0.717) is 13.0 Å². The predicted molar refractivity (Wildman–Crippen MR) is 84.0 cm³/mol. The molecule has 1 aromatic rings. The molecule has 1 atom stereocenters. The highest BCUT2D eigenvalue weighted by Crippen LogP contribution is 2.27. The van der Waals surface area contributed by atoms with Gasteiger partial charge in [0, 0.05) is 30.7 Å². The van der Waals surface area contributed by atoms with Crippen molar-refractivity contribution in [2.45, 2.75) is 46.2 Å². The molecule has 0 radical (unpaired) electrons. The molecule has 1 aromatic carbocycles. The first-order valence-electron chi connectivity index (χ1n) is 7.59. The standard InChI is InChI=1S/C17H24N2O2/c1-12(2)19(13(3)4)17(21)14-10-16(20)18(11-14)15-8-6-5-7-9-15/h5-9,12-14H,10-11H2,1-4H3/t14-/m0/s1. The normalized spacial score (nSPS) is 18.7. The van der Waals surface area contributed by atoms with Crippen LogP contribution in [0.25, 0.3) is 0 Å². The number of amides is 2. The second-order valence-corrected chi connectivity index (χ2v) is 6.17. The maximum atomic E-state index is 12.7. The molecule has 0 aromatic heterocycles. The summed E-state index contributed by atoms with van der Waals surface area (Å²) in [5, 5.41) is 0. The van der Waals surface area contributed by atoms with Crippen molar-refractivity contribution < 1.29 is 9.59 Å². The second kappa shape index (κ2) is 6.29. The van der Waals surface area contributed by atoms with Crippen molar-refractivity contribution in [3.63, 3.8) is 0 Å². The van der Waals surface area contributed by atoms with Crippen molar-refractivity contribution in [3.05, 3.63) is 30.3 Å². The molecule has 0 bridgehead atoms. The Morgan fingerprint density at radius 1 is 1.14 bits per heavy atom. The summed E-state index contributed by atoms with van der Waals surface area (Å²) in [7, 11) is 0.